The molecule has 0 aliphatic rings. The third-order valence-electron chi connectivity index (χ3n) is 2.86. The molecule has 1 atom stereocenters. The van der Waals surface area contributed by atoms with E-state index < -0.39 is 23.6 Å². The molecule has 0 aliphatic heterocycles. The molecule has 5 heteroatoms. The summed E-state index contributed by atoms with van der Waals surface area (Å²) in [6, 6.07) is 10.7. The van der Waals surface area contributed by atoms with Gasteiger partial charge in [0, 0.05) is 0 Å². The van der Waals surface area contributed by atoms with Gasteiger partial charge >= 0.3 is 0 Å². The van der Waals surface area contributed by atoms with E-state index in [1.165, 1.54) is 0 Å². The lowest BCUT2D eigenvalue weighted by Gasteiger charge is -2.17. The summed E-state index contributed by atoms with van der Waals surface area (Å²) in [5, 5.41) is 11.8. The van der Waals surface area contributed by atoms with Crippen molar-refractivity contribution < 1.29 is 18.7 Å². The second-order valence-electron chi connectivity index (χ2n) is 4.24. The minimum absolute atomic E-state index is 0.341. The molecule has 3 nitrogen and oxygen atoms in total. The van der Waals surface area contributed by atoms with Crippen LogP contribution in [0.25, 0.3) is 0 Å². The lowest BCUT2D eigenvalue weighted by Crippen LogP contribution is -2.31. The van der Waals surface area contributed by atoms with Gasteiger partial charge in [0.15, 0.2) is 0 Å². The summed E-state index contributed by atoms with van der Waals surface area (Å²) in [7, 11) is 0. The quantitative estimate of drug-likeness (QED) is 0.901. The fraction of sp³-hybridized carbons (Fsp3) is 0.133. The first-order valence-corrected chi connectivity index (χ1v) is 6.03. The van der Waals surface area contributed by atoms with E-state index in [9.17, 15) is 18.7 Å². The molecule has 1 amide bonds. The highest BCUT2D eigenvalue weighted by Crippen LogP contribution is 2.15. The van der Waals surface area contributed by atoms with Crippen molar-refractivity contribution in [3.05, 3.63) is 71.3 Å². The molecule has 0 saturated heterocycles. The molecule has 0 unspecified atom stereocenters. The van der Waals surface area contributed by atoms with Crippen LogP contribution in [0.1, 0.15) is 22.0 Å². The van der Waals surface area contributed by atoms with Crippen LogP contribution < -0.4 is 5.32 Å². The number of hydrogen-bond acceptors (Lipinski definition) is 2. The van der Waals surface area contributed by atoms with Crippen molar-refractivity contribution in [3.63, 3.8) is 0 Å². The fourth-order valence-corrected chi connectivity index (χ4v) is 1.83. The number of carbonyl (C=O) groups excluding carboxylic acids is 1. The SMILES string of the molecule is O=C(N[C@@H](CO)c1ccccc1)c1cc(F)ccc1F. The summed E-state index contributed by atoms with van der Waals surface area (Å²) in [6.07, 6.45) is 0. The molecule has 20 heavy (non-hydrogen) atoms. The van der Waals surface area contributed by atoms with E-state index >= 15 is 0 Å². The van der Waals surface area contributed by atoms with Gasteiger partial charge in [0.1, 0.15) is 11.6 Å². The zero-order valence-corrected chi connectivity index (χ0v) is 10.5. The van der Waals surface area contributed by atoms with E-state index in [0.29, 0.717) is 5.56 Å². The van der Waals surface area contributed by atoms with E-state index in [2.05, 4.69) is 5.32 Å². The van der Waals surface area contributed by atoms with Gasteiger partial charge in [-0.15, -0.1) is 0 Å². The average molecular weight is 277 g/mol. The highest BCUT2D eigenvalue weighted by Gasteiger charge is 2.18. The highest BCUT2D eigenvalue weighted by atomic mass is 19.1. The largest absolute Gasteiger partial charge is 0.394 e. The monoisotopic (exact) mass is 277 g/mol. The van der Waals surface area contributed by atoms with E-state index in [0.717, 1.165) is 18.2 Å². The van der Waals surface area contributed by atoms with Crippen molar-refractivity contribution in [2.75, 3.05) is 6.61 Å². The van der Waals surface area contributed by atoms with Crippen LogP contribution >= 0.6 is 0 Å². The van der Waals surface area contributed by atoms with Gasteiger partial charge in [-0.2, -0.15) is 0 Å². The van der Waals surface area contributed by atoms with E-state index in [1.54, 1.807) is 30.3 Å². The number of hydrogen-bond donors (Lipinski definition) is 2. The van der Waals surface area contributed by atoms with Gasteiger partial charge in [-0.25, -0.2) is 8.78 Å². The van der Waals surface area contributed by atoms with Crippen LogP contribution in [-0.2, 0) is 0 Å². The Labute approximate surface area is 114 Å². The summed E-state index contributed by atoms with van der Waals surface area (Å²) in [5.74, 6) is -2.28. The summed E-state index contributed by atoms with van der Waals surface area (Å²) in [5.41, 5.74) is 0.291. The first kappa shape index (κ1) is 14.1. The molecule has 0 aromatic heterocycles. The minimum Gasteiger partial charge on any atom is -0.394 e. The van der Waals surface area contributed by atoms with Crippen molar-refractivity contribution in [3.8, 4) is 0 Å². The molecule has 0 saturated carbocycles. The molecule has 104 valence electrons. The second-order valence-corrected chi connectivity index (χ2v) is 4.24. The molecule has 2 N–H and O–H groups in total. The number of benzene rings is 2. The zero-order chi connectivity index (χ0) is 14.5. The summed E-state index contributed by atoms with van der Waals surface area (Å²) in [4.78, 5) is 11.9. The number of rotatable bonds is 4. The molecule has 2 aromatic carbocycles. The summed E-state index contributed by atoms with van der Waals surface area (Å²) in [6.45, 7) is -0.341. The van der Waals surface area contributed by atoms with Gasteiger partial charge in [-0.3, -0.25) is 4.79 Å². The second kappa shape index (κ2) is 6.25. The molecule has 2 aromatic rings. The minimum atomic E-state index is -0.811. The normalized spacial score (nSPS) is 11.9. The maximum atomic E-state index is 13.5. The van der Waals surface area contributed by atoms with Crippen LogP contribution in [0.3, 0.4) is 0 Å². The Bertz CT molecular complexity index is 602. The molecular weight excluding hydrogens is 264 g/mol. The Kier molecular flexibility index (Phi) is 4.42. The number of aliphatic hydroxyl groups is 1. The maximum absolute atomic E-state index is 13.5. The van der Waals surface area contributed by atoms with Crippen molar-refractivity contribution in [2.45, 2.75) is 6.04 Å². The first-order chi connectivity index (χ1) is 9.61. The Balaban J connectivity index is 2.20. The average Bonchev–Trinajstić information content (AvgIpc) is 2.48. The van der Waals surface area contributed by atoms with Crippen molar-refractivity contribution in [1.82, 2.24) is 5.32 Å². The van der Waals surface area contributed by atoms with Gasteiger partial charge in [-0.1, -0.05) is 30.3 Å². The number of nitrogens with one attached hydrogen (secondary N) is 1. The fourth-order valence-electron chi connectivity index (χ4n) is 1.83. The topological polar surface area (TPSA) is 49.3 Å². The third-order valence-corrected chi connectivity index (χ3v) is 2.86. The van der Waals surface area contributed by atoms with E-state index in [-0.39, 0.29) is 12.2 Å². The molecule has 0 heterocycles. The summed E-state index contributed by atoms with van der Waals surface area (Å²) >= 11 is 0. The molecule has 0 fully saturated rings. The van der Waals surface area contributed by atoms with Crippen LogP contribution in [0.5, 0.6) is 0 Å². The lowest BCUT2D eigenvalue weighted by atomic mass is 10.1. The van der Waals surface area contributed by atoms with E-state index in [1.807, 2.05) is 0 Å². The first-order valence-electron chi connectivity index (χ1n) is 6.03. The predicted octanol–water partition coefficient (Wildman–Crippen LogP) is 2.43. The number of amides is 1. The van der Waals surface area contributed by atoms with Gasteiger partial charge in [-0.05, 0) is 23.8 Å². The van der Waals surface area contributed by atoms with Crippen LogP contribution in [0.15, 0.2) is 48.5 Å². The van der Waals surface area contributed by atoms with Crippen molar-refractivity contribution in [1.29, 1.82) is 0 Å². The standard InChI is InChI=1S/C15H13F2NO2/c16-11-6-7-13(17)12(8-11)15(20)18-14(9-19)10-4-2-1-3-5-10/h1-8,14,19H,9H2,(H,18,20)/t14-/m0/s1. The maximum Gasteiger partial charge on any atom is 0.254 e. The molecule has 0 spiro atoms. The molecular formula is C15H13F2NO2. The highest BCUT2D eigenvalue weighted by molar-refractivity contribution is 5.94. The third kappa shape index (κ3) is 3.19. The molecule has 0 bridgehead atoms. The zero-order valence-electron chi connectivity index (χ0n) is 10.5. The summed E-state index contributed by atoms with van der Waals surface area (Å²) < 4.78 is 26.5. The van der Waals surface area contributed by atoms with Gasteiger partial charge in [0.25, 0.3) is 5.91 Å². The van der Waals surface area contributed by atoms with Crippen LogP contribution in [0.4, 0.5) is 8.78 Å². The van der Waals surface area contributed by atoms with Gasteiger partial charge < -0.3 is 10.4 Å². The Morgan fingerprint density at radius 1 is 1.15 bits per heavy atom. The molecule has 0 aliphatic carbocycles. The van der Waals surface area contributed by atoms with E-state index in [4.69, 9.17) is 0 Å². The van der Waals surface area contributed by atoms with Crippen molar-refractivity contribution in [2.24, 2.45) is 0 Å². The number of halogens is 2. The Hall–Kier alpha value is -2.27. The van der Waals surface area contributed by atoms with Crippen LogP contribution in [0, 0.1) is 11.6 Å². The number of aliphatic hydroxyl groups excluding tert-OH is 1. The van der Waals surface area contributed by atoms with Crippen molar-refractivity contribution >= 4 is 5.91 Å². The Morgan fingerprint density at radius 3 is 2.50 bits per heavy atom. The predicted molar refractivity (Wildman–Crippen MR) is 70.1 cm³/mol. The smallest absolute Gasteiger partial charge is 0.254 e. The molecule has 2 rings (SSSR count). The van der Waals surface area contributed by atoms with Gasteiger partial charge in [0.2, 0.25) is 0 Å². The van der Waals surface area contributed by atoms with Crippen LogP contribution in [0.2, 0.25) is 0 Å². The number of carbonyl (C=O) groups is 1. The molecule has 0 radical (unpaired) electrons. The van der Waals surface area contributed by atoms with Gasteiger partial charge in [0.05, 0.1) is 18.2 Å². The van der Waals surface area contributed by atoms with Crippen LogP contribution in [-0.4, -0.2) is 17.6 Å². The Morgan fingerprint density at radius 2 is 1.85 bits per heavy atom. The lowest BCUT2D eigenvalue weighted by molar-refractivity contribution is 0.0911.